The maximum absolute atomic E-state index is 12.5. The van der Waals surface area contributed by atoms with E-state index in [0.717, 1.165) is 24.1 Å². The van der Waals surface area contributed by atoms with Crippen molar-refractivity contribution in [1.29, 1.82) is 0 Å². The van der Waals surface area contributed by atoms with Crippen LogP contribution in [0.2, 0.25) is 0 Å². The second kappa shape index (κ2) is 5.33. The molecule has 0 bridgehead atoms. The van der Waals surface area contributed by atoms with E-state index >= 15 is 0 Å². The van der Waals surface area contributed by atoms with Crippen LogP contribution in [0.5, 0.6) is 0 Å². The highest BCUT2D eigenvalue weighted by atomic mass is 16.2. The lowest BCUT2D eigenvalue weighted by atomic mass is 9.91. The molecule has 1 saturated carbocycles. The zero-order valence-electron chi connectivity index (χ0n) is 12.1. The molecule has 0 saturated heterocycles. The summed E-state index contributed by atoms with van der Waals surface area (Å²) in [6, 6.07) is 8.45. The summed E-state index contributed by atoms with van der Waals surface area (Å²) < 4.78 is 0. The van der Waals surface area contributed by atoms with E-state index in [1.54, 1.807) is 0 Å². The van der Waals surface area contributed by atoms with Gasteiger partial charge in [0.1, 0.15) is 0 Å². The Balaban J connectivity index is 2.17. The summed E-state index contributed by atoms with van der Waals surface area (Å²) in [6.07, 6.45) is 2.82. The lowest BCUT2D eigenvalue weighted by Crippen LogP contribution is -2.35. The maximum atomic E-state index is 12.5. The van der Waals surface area contributed by atoms with E-state index < -0.39 is 0 Å². The third-order valence-corrected chi connectivity index (χ3v) is 3.31. The van der Waals surface area contributed by atoms with Crippen LogP contribution < -0.4 is 10.6 Å². The molecule has 1 aromatic rings. The highest BCUT2D eigenvalue weighted by Gasteiger charge is 2.34. The number of rotatable bonds is 4. The van der Waals surface area contributed by atoms with E-state index in [0.29, 0.717) is 19.0 Å². The number of nitrogens with two attached hydrogens (primary N) is 1. The maximum Gasteiger partial charge on any atom is 0.227 e. The predicted octanol–water partition coefficient (Wildman–Crippen LogP) is 3.08. The second-order valence-corrected chi connectivity index (χ2v) is 6.60. The molecule has 0 spiro atoms. The largest absolute Gasteiger partial charge is 0.326 e. The summed E-state index contributed by atoms with van der Waals surface area (Å²) in [5.74, 6) is 0.232. The van der Waals surface area contributed by atoms with Crippen LogP contribution in [0.15, 0.2) is 24.3 Å². The Bertz CT molecular complexity index is 441. The molecule has 19 heavy (non-hydrogen) atoms. The van der Waals surface area contributed by atoms with E-state index in [1.807, 2.05) is 29.2 Å². The lowest BCUT2D eigenvalue weighted by Gasteiger charge is -2.27. The number of anilines is 1. The van der Waals surface area contributed by atoms with Gasteiger partial charge in [-0.15, -0.1) is 0 Å². The highest BCUT2D eigenvalue weighted by molar-refractivity contribution is 5.94. The molecule has 0 aliphatic heterocycles. The Morgan fingerprint density at radius 3 is 2.26 bits per heavy atom. The Labute approximate surface area is 115 Å². The van der Waals surface area contributed by atoms with E-state index in [-0.39, 0.29) is 11.3 Å². The minimum atomic E-state index is 0.0292. The molecule has 0 heterocycles. The highest BCUT2D eigenvalue weighted by Crippen LogP contribution is 2.34. The average molecular weight is 260 g/mol. The van der Waals surface area contributed by atoms with Gasteiger partial charge in [0.25, 0.3) is 0 Å². The molecule has 1 aliphatic rings. The smallest absolute Gasteiger partial charge is 0.227 e. The normalized spacial score (nSPS) is 15.4. The molecule has 2 N–H and O–H groups in total. The van der Waals surface area contributed by atoms with Gasteiger partial charge in [0.15, 0.2) is 0 Å². The summed E-state index contributed by atoms with van der Waals surface area (Å²) >= 11 is 0. The fraction of sp³-hybridized carbons (Fsp3) is 0.562. The number of carbonyl (C=O) groups is 1. The first-order valence-electron chi connectivity index (χ1n) is 7.02. The van der Waals surface area contributed by atoms with Gasteiger partial charge in [-0.2, -0.15) is 0 Å². The number of hydrogen-bond acceptors (Lipinski definition) is 2. The van der Waals surface area contributed by atoms with Gasteiger partial charge in [-0.1, -0.05) is 32.9 Å². The molecule has 0 radical (unpaired) electrons. The Kier molecular flexibility index (Phi) is 3.95. The van der Waals surface area contributed by atoms with Crippen molar-refractivity contribution in [1.82, 2.24) is 0 Å². The SMILES string of the molecule is CC(C)(C)CC(=O)N(c1ccc(CN)cc1)C1CC1. The fourth-order valence-electron chi connectivity index (χ4n) is 2.22. The summed E-state index contributed by atoms with van der Waals surface area (Å²) in [6.45, 7) is 6.86. The zero-order valence-corrected chi connectivity index (χ0v) is 12.1. The van der Waals surface area contributed by atoms with Crippen molar-refractivity contribution in [2.75, 3.05) is 4.90 Å². The third kappa shape index (κ3) is 3.80. The molecular formula is C16H24N2O. The number of benzene rings is 1. The molecule has 0 atom stereocenters. The van der Waals surface area contributed by atoms with Gasteiger partial charge in [0.2, 0.25) is 5.91 Å². The van der Waals surface area contributed by atoms with Crippen LogP contribution in [-0.4, -0.2) is 11.9 Å². The van der Waals surface area contributed by atoms with E-state index in [2.05, 4.69) is 20.8 Å². The first-order chi connectivity index (χ1) is 8.90. The van der Waals surface area contributed by atoms with Gasteiger partial charge >= 0.3 is 0 Å². The predicted molar refractivity (Wildman–Crippen MR) is 78.9 cm³/mol. The first-order valence-corrected chi connectivity index (χ1v) is 7.02. The third-order valence-electron chi connectivity index (χ3n) is 3.31. The van der Waals surface area contributed by atoms with E-state index in [1.165, 1.54) is 0 Å². The number of amides is 1. The molecule has 3 heteroatoms. The van der Waals surface area contributed by atoms with Gasteiger partial charge in [-0.05, 0) is 36.0 Å². The van der Waals surface area contributed by atoms with Crippen molar-refractivity contribution in [3.8, 4) is 0 Å². The van der Waals surface area contributed by atoms with Gasteiger partial charge in [-0.3, -0.25) is 4.79 Å². The van der Waals surface area contributed by atoms with Crippen molar-refractivity contribution < 1.29 is 4.79 Å². The minimum absolute atomic E-state index is 0.0292. The molecule has 0 unspecified atom stereocenters. The number of nitrogens with zero attached hydrogens (tertiary/aromatic N) is 1. The minimum Gasteiger partial charge on any atom is -0.326 e. The van der Waals surface area contributed by atoms with E-state index in [9.17, 15) is 4.79 Å². The van der Waals surface area contributed by atoms with E-state index in [4.69, 9.17) is 5.73 Å². The van der Waals surface area contributed by atoms with Gasteiger partial charge in [0.05, 0.1) is 0 Å². The van der Waals surface area contributed by atoms with Crippen LogP contribution in [-0.2, 0) is 11.3 Å². The molecule has 0 aromatic heterocycles. The van der Waals surface area contributed by atoms with Crippen molar-refractivity contribution in [3.05, 3.63) is 29.8 Å². The summed E-state index contributed by atoms with van der Waals surface area (Å²) in [5.41, 5.74) is 7.75. The van der Waals surface area contributed by atoms with Crippen molar-refractivity contribution >= 4 is 11.6 Å². The molecule has 104 valence electrons. The van der Waals surface area contributed by atoms with Crippen molar-refractivity contribution in [3.63, 3.8) is 0 Å². The molecule has 2 rings (SSSR count). The quantitative estimate of drug-likeness (QED) is 0.904. The van der Waals surface area contributed by atoms with Gasteiger partial charge in [0, 0.05) is 24.7 Å². The molecule has 1 fully saturated rings. The standard InChI is InChI=1S/C16H24N2O/c1-16(2,3)10-15(19)18(14-8-9-14)13-6-4-12(11-17)5-7-13/h4-7,14H,8-11,17H2,1-3H3. The topological polar surface area (TPSA) is 46.3 Å². The van der Waals surface area contributed by atoms with Crippen LogP contribution >= 0.6 is 0 Å². The lowest BCUT2D eigenvalue weighted by molar-refractivity contribution is -0.120. The fourth-order valence-corrected chi connectivity index (χ4v) is 2.22. The molecule has 1 amide bonds. The Hall–Kier alpha value is -1.35. The van der Waals surface area contributed by atoms with Gasteiger partial charge in [-0.25, -0.2) is 0 Å². The molecule has 3 nitrogen and oxygen atoms in total. The summed E-state index contributed by atoms with van der Waals surface area (Å²) in [7, 11) is 0. The van der Waals surface area contributed by atoms with Crippen LogP contribution in [0, 0.1) is 5.41 Å². The molecule has 1 aromatic carbocycles. The zero-order chi connectivity index (χ0) is 14.0. The van der Waals surface area contributed by atoms with Crippen LogP contribution in [0.4, 0.5) is 5.69 Å². The molecular weight excluding hydrogens is 236 g/mol. The average Bonchev–Trinajstić information content (AvgIpc) is 3.12. The Morgan fingerprint density at radius 2 is 1.84 bits per heavy atom. The van der Waals surface area contributed by atoms with Crippen LogP contribution in [0.25, 0.3) is 0 Å². The van der Waals surface area contributed by atoms with Crippen molar-refractivity contribution in [2.45, 2.75) is 52.6 Å². The van der Waals surface area contributed by atoms with Crippen LogP contribution in [0.1, 0.15) is 45.6 Å². The van der Waals surface area contributed by atoms with Gasteiger partial charge < -0.3 is 10.6 Å². The first kappa shape index (κ1) is 14.1. The monoisotopic (exact) mass is 260 g/mol. The van der Waals surface area contributed by atoms with Crippen molar-refractivity contribution in [2.24, 2.45) is 11.1 Å². The summed E-state index contributed by atoms with van der Waals surface area (Å²) in [5, 5.41) is 0. The number of hydrogen-bond donors (Lipinski definition) is 1. The molecule has 1 aliphatic carbocycles. The Morgan fingerprint density at radius 1 is 1.26 bits per heavy atom. The van der Waals surface area contributed by atoms with Crippen LogP contribution in [0.3, 0.4) is 0 Å². The summed E-state index contributed by atoms with van der Waals surface area (Å²) in [4.78, 5) is 14.5. The second-order valence-electron chi connectivity index (χ2n) is 6.60. The number of carbonyl (C=O) groups excluding carboxylic acids is 1.